The van der Waals surface area contributed by atoms with Crippen LogP contribution in [0, 0.1) is 11.3 Å². The number of carbonyl (C=O) groups is 2. The number of likely N-dealkylation sites (N-methyl/N-ethyl adjacent to an activating group) is 1. The third-order valence-electron chi connectivity index (χ3n) is 4.17. The van der Waals surface area contributed by atoms with Crippen LogP contribution in [0.3, 0.4) is 0 Å². The molecule has 1 saturated heterocycles. The second-order valence-corrected chi connectivity index (χ2v) is 6.66. The van der Waals surface area contributed by atoms with E-state index in [0.717, 1.165) is 21.8 Å². The molecule has 1 fully saturated rings. The van der Waals surface area contributed by atoms with Gasteiger partial charge in [0.25, 0.3) is 5.91 Å². The normalized spacial score (nSPS) is 16.5. The van der Waals surface area contributed by atoms with Crippen molar-refractivity contribution in [3.63, 3.8) is 0 Å². The maximum atomic E-state index is 12.7. The summed E-state index contributed by atoms with van der Waals surface area (Å²) in [4.78, 5) is 31.4. The first-order valence-electron chi connectivity index (χ1n) is 7.76. The van der Waals surface area contributed by atoms with Crippen molar-refractivity contribution in [3.8, 4) is 17.3 Å². The minimum absolute atomic E-state index is 0.322. The maximum Gasteiger partial charge on any atom is 0.407 e. The Morgan fingerprint density at radius 1 is 1.40 bits per heavy atom. The van der Waals surface area contributed by atoms with Gasteiger partial charge in [-0.2, -0.15) is 5.26 Å². The molecule has 2 aromatic rings. The van der Waals surface area contributed by atoms with Gasteiger partial charge in [0.15, 0.2) is 5.13 Å². The Morgan fingerprint density at radius 3 is 2.76 bits per heavy atom. The molecule has 1 aliphatic rings. The average molecular weight is 356 g/mol. The van der Waals surface area contributed by atoms with E-state index in [9.17, 15) is 20.0 Å². The van der Waals surface area contributed by atoms with E-state index >= 15 is 0 Å². The highest BCUT2D eigenvalue weighted by Crippen LogP contribution is 2.33. The summed E-state index contributed by atoms with van der Waals surface area (Å²) in [6.07, 6.45) is 0.0658. The Morgan fingerprint density at radius 2 is 2.12 bits per heavy atom. The molecule has 1 unspecified atom stereocenters. The van der Waals surface area contributed by atoms with Crippen LogP contribution < -0.4 is 4.90 Å². The van der Waals surface area contributed by atoms with Crippen molar-refractivity contribution < 1.29 is 14.7 Å². The standard InChI is InChI=1S/C17H16N4O3S/c1-20(15(22)12-8-5-9-21(12)17(23)24)16-19-14(13(10-18)25-16)11-6-3-2-4-7-11/h2-4,6-7,12H,5,8-9H2,1H3,(H,23,24). The van der Waals surface area contributed by atoms with Crippen LogP contribution in [0.25, 0.3) is 11.3 Å². The van der Waals surface area contributed by atoms with Crippen LogP contribution in [0.1, 0.15) is 17.7 Å². The van der Waals surface area contributed by atoms with Crippen molar-refractivity contribution in [1.29, 1.82) is 5.26 Å². The molecule has 0 radical (unpaired) electrons. The van der Waals surface area contributed by atoms with Crippen LogP contribution >= 0.6 is 11.3 Å². The summed E-state index contributed by atoms with van der Waals surface area (Å²) in [5, 5.41) is 19.0. The van der Waals surface area contributed by atoms with Crippen LogP contribution in [0.4, 0.5) is 9.93 Å². The minimum Gasteiger partial charge on any atom is -0.465 e. The van der Waals surface area contributed by atoms with Crippen molar-refractivity contribution in [2.24, 2.45) is 0 Å². The fraction of sp³-hybridized carbons (Fsp3) is 0.294. The molecule has 7 nitrogen and oxygen atoms in total. The molecule has 128 valence electrons. The average Bonchev–Trinajstić information content (AvgIpc) is 3.28. The molecular weight excluding hydrogens is 340 g/mol. The molecule has 1 atom stereocenters. The summed E-state index contributed by atoms with van der Waals surface area (Å²) in [6.45, 7) is 0.357. The summed E-state index contributed by atoms with van der Waals surface area (Å²) in [7, 11) is 1.56. The third kappa shape index (κ3) is 3.19. The van der Waals surface area contributed by atoms with Crippen LogP contribution in [-0.4, -0.2) is 46.6 Å². The van der Waals surface area contributed by atoms with E-state index in [2.05, 4.69) is 11.1 Å². The zero-order chi connectivity index (χ0) is 18.0. The lowest BCUT2D eigenvalue weighted by molar-refractivity contribution is -0.122. The molecule has 1 N–H and O–H groups in total. The van der Waals surface area contributed by atoms with Crippen molar-refractivity contribution in [1.82, 2.24) is 9.88 Å². The molecule has 0 saturated carbocycles. The highest BCUT2D eigenvalue weighted by atomic mass is 32.1. The quantitative estimate of drug-likeness (QED) is 0.912. The van der Waals surface area contributed by atoms with E-state index in [-0.39, 0.29) is 5.91 Å². The molecule has 0 aliphatic carbocycles. The molecule has 0 bridgehead atoms. The number of amides is 2. The maximum absolute atomic E-state index is 12.7. The molecule has 8 heteroatoms. The number of nitriles is 1. The monoisotopic (exact) mass is 356 g/mol. The second kappa shape index (κ2) is 6.91. The first-order valence-corrected chi connectivity index (χ1v) is 8.58. The van der Waals surface area contributed by atoms with E-state index in [4.69, 9.17) is 0 Å². The molecule has 1 aromatic carbocycles. The van der Waals surface area contributed by atoms with Gasteiger partial charge >= 0.3 is 6.09 Å². The molecule has 1 aliphatic heterocycles. The zero-order valence-electron chi connectivity index (χ0n) is 13.5. The summed E-state index contributed by atoms with van der Waals surface area (Å²) in [6, 6.07) is 10.7. The van der Waals surface area contributed by atoms with Gasteiger partial charge in [-0.15, -0.1) is 0 Å². The van der Waals surface area contributed by atoms with Crippen LogP contribution in [-0.2, 0) is 4.79 Å². The molecule has 3 rings (SSSR count). The number of aromatic nitrogens is 1. The molecule has 2 heterocycles. The number of thiazole rings is 1. The largest absolute Gasteiger partial charge is 0.465 e. The van der Waals surface area contributed by atoms with Gasteiger partial charge in [-0.3, -0.25) is 14.6 Å². The summed E-state index contributed by atoms with van der Waals surface area (Å²) in [5.74, 6) is -0.322. The predicted octanol–water partition coefficient (Wildman–Crippen LogP) is 2.79. The van der Waals surface area contributed by atoms with Gasteiger partial charge in [-0.25, -0.2) is 9.78 Å². The summed E-state index contributed by atoms with van der Waals surface area (Å²) >= 11 is 1.13. The van der Waals surface area contributed by atoms with E-state index in [1.807, 2.05) is 30.3 Å². The van der Waals surface area contributed by atoms with Gasteiger partial charge in [0.2, 0.25) is 0 Å². The van der Waals surface area contributed by atoms with Crippen molar-refractivity contribution in [2.45, 2.75) is 18.9 Å². The van der Waals surface area contributed by atoms with Gasteiger partial charge in [-0.05, 0) is 12.8 Å². The van der Waals surface area contributed by atoms with Gasteiger partial charge < -0.3 is 5.11 Å². The lowest BCUT2D eigenvalue weighted by Gasteiger charge is -2.24. The Balaban J connectivity index is 1.89. The Kier molecular flexibility index (Phi) is 4.67. The first kappa shape index (κ1) is 16.9. The van der Waals surface area contributed by atoms with E-state index in [0.29, 0.717) is 35.1 Å². The number of carboxylic acid groups (broad SMARTS) is 1. The highest BCUT2D eigenvalue weighted by Gasteiger charge is 2.36. The molecular formula is C17H16N4O3S. The number of benzene rings is 1. The predicted molar refractivity (Wildman–Crippen MR) is 93.4 cm³/mol. The van der Waals surface area contributed by atoms with E-state index < -0.39 is 12.1 Å². The third-order valence-corrected chi connectivity index (χ3v) is 5.20. The number of rotatable bonds is 3. The number of likely N-dealkylation sites (tertiary alicyclic amines) is 1. The lowest BCUT2D eigenvalue weighted by atomic mass is 10.1. The van der Waals surface area contributed by atoms with Gasteiger partial charge in [0.1, 0.15) is 22.7 Å². The molecule has 0 spiro atoms. The minimum atomic E-state index is -1.09. The molecule has 1 aromatic heterocycles. The van der Waals surface area contributed by atoms with Crippen LogP contribution in [0.2, 0.25) is 0 Å². The van der Waals surface area contributed by atoms with Gasteiger partial charge in [0, 0.05) is 19.2 Å². The van der Waals surface area contributed by atoms with Crippen molar-refractivity contribution >= 4 is 28.5 Å². The number of nitrogens with zero attached hydrogens (tertiary/aromatic N) is 4. The lowest BCUT2D eigenvalue weighted by Crippen LogP contribution is -2.46. The van der Waals surface area contributed by atoms with Gasteiger partial charge in [0.05, 0.1) is 0 Å². The summed E-state index contributed by atoms with van der Waals surface area (Å²) in [5.41, 5.74) is 1.33. The fourth-order valence-electron chi connectivity index (χ4n) is 2.89. The topological polar surface area (TPSA) is 97.5 Å². The Hall–Kier alpha value is -2.92. The number of anilines is 1. The first-order chi connectivity index (χ1) is 12.0. The summed E-state index contributed by atoms with van der Waals surface area (Å²) < 4.78 is 0. The molecule has 25 heavy (non-hydrogen) atoms. The Labute approximate surface area is 148 Å². The second-order valence-electron chi connectivity index (χ2n) is 5.68. The Bertz CT molecular complexity index is 843. The smallest absolute Gasteiger partial charge is 0.407 e. The van der Waals surface area contributed by atoms with Crippen LogP contribution in [0.5, 0.6) is 0 Å². The van der Waals surface area contributed by atoms with Gasteiger partial charge in [-0.1, -0.05) is 41.7 Å². The number of hydrogen-bond donors (Lipinski definition) is 1. The number of hydrogen-bond acceptors (Lipinski definition) is 5. The highest BCUT2D eigenvalue weighted by molar-refractivity contribution is 7.16. The van der Waals surface area contributed by atoms with Crippen molar-refractivity contribution in [3.05, 3.63) is 35.2 Å². The van der Waals surface area contributed by atoms with E-state index in [1.165, 1.54) is 4.90 Å². The molecule has 2 amide bonds. The SMILES string of the molecule is CN(C(=O)C1CCCN1C(=O)O)c1nc(-c2ccccc2)c(C#N)s1. The fourth-order valence-corrected chi connectivity index (χ4v) is 3.74. The van der Waals surface area contributed by atoms with Crippen LogP contribution in [0.15, 0.2) is 30.3 Å². The van der Waals surface area contributed by atoms with E-state index in [1.54, 1.807) is 7.05 Å². The number of carbonyl (C=O) groups excluding carboxylic acids is 1. The van der Waals surface area contributed by atoms with Crippen molar-refractivity contribution in [2.75, 3.05) is 18.5 Å². The zero-order valence-corrected chi connectivity index (χ0v) is 14.4.